The summed E-state index contributed by atoms with van der Waals surface area (Å²) in [6.07, 6.45) is -9.73. The van der Waals surface area contributed by atoms with Crippen LogP contribution in [0.4, 0.5) is 17.6 Å². The van der Waals surface area contributed by atoms with E-state index in [1.54, 1.807) is 0 Å². The summed E-state index contributed by atoms with van der Waals surface area (Å²) in [5.74, 6) is -2.32. The van der Waals surface area contributed by atoms with Crippen molar-refractivity contribution >= 4 is 5.91 Å². The van der Waals surface area contributed by atoms with Gasteiger partial charge in [0.25, 0.3) is 5.91 Å². The van der Waals surface area contributed by atoms with Gasteiger partial charge in [0.2, 0.25) is 0 Å². The van der Waals surface area contributed by atoms with Gasteiger partial charge in [-0.1, -0.05) is 6.07 Å². The van der Waals surface area contributed by atoms with Gasteiger partial charge in [-0.05, 0) is 12.1 Å². The average molecular weight is 318 g/mol. The van der Waals surface area contributed by atoms with E-state index in [4.69, 9.17) is 5.73 Å². The summed E-state index contributed by atoms with van der Waals surface area (Å²) < 4.78 is 61.0. The second kappa shape index (κ2) is 4.32. The Morgan fingerprint density at radius 3 is 2.50 bits per heavy atom. The number of nitrogens with zero attached hydrogens (tertiary/aromatic N) is 2. The van der Waals surface area contributed by atoms with Crippen LogP contribution >= 0.6 is 0 Å². The van der Waals surface area contributed by atoms with Crippen LogP contribution in [0.5, 0.6) is 11.5 Å². The zero-order valence-corrected chi connectivity index (χ0v) is 10.4. The Balaban J connectivity index is 2.18. The van der Waals surface area contributed by atoms with Crippen LogP contribution in [0.1, 0.15) is 10.5 Å². The summed E-state index contributed by atoms with van der Waals surface area (Å²) in [6.45, 7) is 0. The molecule has 0 fully saturated rings. The van der Waals surface area contributed by atoms with E-state index in [0.717, 1.165) is 6.07 Å². The fourth-order valence-electron chi connectivity index (χ4n) is 1.86. The molecule has 1 aliphatic heterocycles. The maximum atomic E-state index is 13.3. The Kier molecular flexibility index (Phi) is 2.77. The zero-order chi connectivity index (χ0) is 16.1. The summed E-state index contributed by atoms with van der Waals surface area (Å²) in [5.41, 5.74) is 4.28. The standard InChI is InChI=1S/C11H6F4N4O3/c12-10(13)11(14,15)22-8-4(2-1-3-5(8)21-10)6-7(9(16)20)18-19-17-6/h1-3H,(H2,16,20)(H,17,18,19). The molecule has 0 saturated heterocycles. The van der Waals surface area contributed by atoms with Gasteiger partial charge < -0.3 is 15.2 Å². The van der Waals surface area contributed by atoms with E-state index in [0.29, 0.717) is 0 Å². The number of aromatic amines is 1. The third kappa shape index (κ3) is 1.93. The van der Waals surface area contributed by atoms with Gasteiger partial charge in [-0.2, -0.15) is 33.0 Å². The Hall–Kier alpha value is -2.85. The lowest BCUT2D eigenvalue weighted by Crippen LogP contribution is -2.52. The summed E-state index contributed by atoms with van der Waals surface area (Å²) in [6, 6.07) is 3.45. The van der Waals surface area contributed by atoms with E-state index in [1.807, 2.05) is 0 Å². The first-order chi connectivity index (χ1) is 10.2. The molecule has 116 valence electrons. The average Bonchev–Trinajstić information content (AvgIpc) is 2.88. The van der Waals surface area contributed by atoms with Crippen molar-refractivity contribution in [3.05, 3.63) is 23.9 Å². The summed E-state index contributed by atoms with van der Waals surface area (Å²) in [7, 11) is 0. The molecule has 0 unspecified atom stereocenters. The number of primary amides is 1. The summed E-state index contributed by atoms with van der Waals surface area (Å²) in [4.78, 5) is 11.2. The van der Waals surface area contributed by atoms with Gasteiger partial charge in [-0.15, -0.1) is 0 Å². The van der Waals surface area contributed by atoms with E-state index in [1.165, 1.54) is 12.1 Å². The smallest absolute Gasteiger partial charge is 0.421 e. The molecule has 3 rings (SSSR count). The first-order valence-electron chi connectivity index (χ1n) is 5.70. The van der Waals surface area contributed by atoms with Crippen LogP contribution in [-0.4, -0.2) is 33.5 Å². The molecular weight excluding hydrogens is 312 g/mol. The van der Waals surface area contributed by atoms with E-state index >= 15 is 0 Å². The van der Waals surface area contributed by atoms with Crippen molar-refractivity contribution in [3.8, 4) is 22.8 Å². The number of para-hydroxylation sites is 1. The maximum Gasteiger partial charge on any atom is 0.507 e. The van der Waals surface area contributed by atoms with Crippen molar-refractivity contribution in [2.45, 2.75) is 12.2 Å². The number of nitrogens with one attached hydrogen (secondary N) is 1. The topological polar surface area (TPSA) is 103 Å². The molecule has 1 aliphatic rings. The molecular formula is C11H6F4N4O3. The Bertz CT molecular complexity index is 762. The molecule has 1 aromatic carbocycles. The number of benzene rings is 1. The van der Waals surface area contributed by atoms with Crippen LogP contribution in [0.15, 0.2) is 18.2 Å². The lowest BCUT2D eigenvalue weighted by molar-refractivity contribution is -0.391. The number of rotatable bonds is 2. The van der Waals surface area contributed by atoms with Crippen LogP contribution in [0.2, 0.25) is 0 Å². The highest BCUT2D eigenvalue weighted by atomic mass is 19.3. The van der Waals surface area contributed by atoms with Crippen molar-refractivity contribution in [2.24, 2.45) is 5.73 Å². The van der Waals surface area contributed by atoms with Gasteiger partial charge in [-0.3, -0.25) is 4.79 Å². The van der Waals surface area contributed by atoms with Crippen molar-refractivity contribution in [1.82, 2.24) is 15.4 Å². The number of hydrogen-bond donors (Lipinski definition) is 2. The molecule has 0 bridgehead atoms. The quantitative estimate of drug-likeness (QED) is 0.817. The Morgan fingerprint density at radius 2 is 1.82 bits per heavy atom. The van der Waals surface area contributed by atoms with Crippen LogP contribution in [0, 0.1) is 0 Å². The number of H-pyrrole nitrogens is 1. The first-order valence-corrected chi connectivity index (χ1v) is 5.70. The molecule has 22 heavy (non-hydrogen) atoms. The number of alkyl halides is 4. The van der Waals surface area contributed by atoms with E-state index in [2.05, 4.69) is 24.9 Å². The van der Waals surface area contributed by atoms with Gasteiger partial charge in [0.15, 0.2) is 17.2 Å². The SMILES string of the molecule is NC(=O)c1n[nH]nc1-c1cccc2c1OC(F)(F)C(F)(F)O2. The second-order valence-corrected chi connectivity index (χ2v) is 4.26. The predicted octanol–water partition coefficient (Wildman–Crippen LogP) is 1.53. The Morgan fingerprint density at radius 1 is 1.14 bits per heavy atom. The van der Waals surface area contributed by atoms with Crippen LogP contribution in [0.3, 0.4) is 0 Å². The Labute approximate surface area is 119 Å². The molecule has 0 spiro atoms. The largest absolute Gasteiger partial charge is 0.507 e. The normalized spacial score (nSPS) is 18.0. The van der Waals surface area contributed by atoms with Gasteiger partial charge >= 0.3 is 12.2 Å². The molecule has 0 radical (unpaired) electrons. The van der Waals surface area contributed by atoms with Crippen LogP contribution in [0.25, 0.3) is 11.3 Å². The molecule has 0 atom stereocenters. The lowest BCUT2D eigenvalue weighted by atomic mass is 10.1. The number of carbonyl (C=O) groups excluding carboxylic acids is 1. The van der Waals surface area contributed by atoms with E-state index in [9.17, 15) is 22.4 Å². The summed E-state index contributed by atoms with van der Waals surface area (Å²) >= 11 is 0. The molecule has 7 nitrogen and oxygen atoms in total. The number of carbonyl (C=O) groups is 1. The van der Waals surface area contributed by atoms with Gasteiger partial charge in [0.05, 0.1) is 5.56 Å². The highest BCUT2D eigenvalue weighted by Gasteiger charge is 2.66. The van der Waals surface area contributed by atoms with Crippen molar-refractivity contribution < 1.29 is 31.8 Å². The molecule has 1 amide bonds. The third-order valence-corrected chi connectivity index (χ3v) is 2.82. The second-order valence-electron chi connectivity index (χ2n) is 4.26. The molecule has 11 heteroatoms. The molecule has 0 saturated carbocycles. The van der Waals surface area contributed by atoms with Crippen LogP contribution in [-0.2, 0) is 0 Å². The van der Waals surface area contributed by atoms with E-state index in [-0.39, 0.29) is 17.0 Å². The van der Waals surface area contributed by atoms with Gasteiger partial charge in [0.1, 0.15) is 5.69 Å². The predicted molar refractivity (Wildman–Crippen MR) is 61.5 cm³/mol. The molecule has 1 aromatic heterocycles. The number of nitrogens with two attached hydrogens (primary N) is 1. The number of amides is 1. The monoisotopic (exact) mass is 318 g/mol. The number of halogens is 4. The zero-order valence-electron chi connectivity index (χ0n) is 10.4. The van der Waals surface area contributed by atoms with Crippen molar-refractivity contribution in [2.75, 3.05) is 0 Å². The van der Waals surface area contributed by atoms with E-state index < -0.39 is 29.6 Å². The first kappa shape index (κ1) is 14.1. The van der Waals surface area contributed by atoms with Crippen LogP contribution < -0.4 is 15.2 Å². The number of hydrogen-bond acceptors (Lipinski definition) is 5. The van der Waals surface area contributed by atoms with Gasteiger partial charge in [-0.25, -0.2) is 0 Å². The number of aromatic nitrogens is 3. The van der Waals surface area contributed by atoms with Gasteiger partial charge in [0, 0.05) is 0 Å². The summed E-state index contributed by atoms with van der Waals surface area (Å²) in [5, 5.41) is 9.15. The number of fused-ring (bicyclic) bond motifs is 1. The fraction of sp³-hybridized carbons (Fsp3) is 0.182. The van der Waals surface area contributed by atoms with Crippen molar-refractivity contribution in [3.63, 3.8) is 0 Å². The third-order valence-electron chi connectivity index (χ3n) is 2.82. The minimum Gasteiger partial charge on any atom is -0.421 e. The maximum absolute atomic E-state index is 13.3. The minimum atomic E-state index is -4.90. The highest BCUT2D eigenvalue weighted by molar-refractivity contribution is 5.97. The molecule has 2 aromatic rings. The molecule has 3 N–H and O–H groups in total. The minimum absolute atomic E-state index is 0.199. The lowest BCUT2D eigenvalue weighted by Gasteiger charge is -2.32. The highest BCUT2D eigenvalue weighted by Crippen LogP contribution is 2.50. The molecule has 2 heterocycles. The van der Waals surface area contributed by atoms with Crippen molar-refractivity contribution in [1.29, 1.82) is 0 Å². The fourth-order valence-corrected chi connectivity index (χ4v) is 1.86. The number of ether oxygens (including phenoxy) is 2. The molecule has 0 aliphatic carbocycles.